The first kappa shape index (κ1) is 22.8. The molecule has 4 aromatic rings. The molecule has 0 bridgehead atoms. The van der Waals surface area contributed by atoms with Crippen LogP contribution in [0.5, 0.6) is 0 Å². The van der Waals surface area contributed by atoms with Crippen LogP contribution in [-0.4, -0.2) is 28.1 Å². The zero-order chi connectivity index (χ0) is 24.2. The van der Waals surface area contributed by atoms with Crippen molar-refractivity contribution in [1.82, 2.24) is 15.1 Å². The normalized spacial score (nSPS) is 10.7. The molecule has 1 heterocycles. The highest BCUT2D eigenvalue weighted by Gasteiger charge is 2.20. The summed E-state index contributed by atoms with van der Waals surface area (Å²) < 4.78 is 41.8. The summed E-state index contributed by atoms with van der Waals surface area (Å²) in [7, 11) is 0. The van der Waals surface area contributed by atoms with Gasteiger partial charge >= 0.3 is 0 Å². The standard InChI is InChI=1S/C25H19F3N4O2/c1-15-6-5-7-16(12-15)24-18(14-32(31-24)17-8-3-2-4-9-17)25(34)29-13-21(33)30-20-11-10-19(26)22(27)23(20)28/h2-12,14H,13H2,1H3,(H,29,34)(H,30,33). The van der Waals surface area contributed by atoms with E-state index in [4.69, 9.17) is 0 Å². The van der Waals surface area contributed by atoms with Gasteiger partial charge in [-0.25, -0.2) is 17.9 Å². The van der Waals surface area contributed by atoms with Crippen LogP contribution in [0.3, 0.4) is 0 Å². The molecule has 0 aliphatic heterocycles. The van der Waals surface area contributed by atoms with Gasteiger partial charge in [-0.2, -0.15) is 5.10 Å². The van der Waals surface area contributed by atoms with Crippen LogP contribution in [0.2, 0.25) is 0 Å². The average Bonchev–Trinajstić information content (AvgIpc) is 3.29. The lowest BCUT2D eigenvalue weighted by Crippen LogP contribution is -2.33. The largest absolute Gasteiger partial charge is 0.343 e. The Morgan fingerprint density at radius 3 is 2.44 bits per heavy atom. The third kappa shape index (κ3) is 4.83. The average molecular weight is 464 g/mol. The van der Waals surface area contributed by atoms with Crippen molar-refractivity contribution in [2.45, 2.75) is 6.92 Å². The molecule has 0 radical (unpaired) electrons. The molecule has 2 N–H and O–H groups in total. The first-order valence-electron chi connectivity index (χ1n) is 10.3. The van der Waals surface area contributed by atoms with Gasteiger partial charge in [0.2, 0.25) is 5.91 Å². The maximum Gasteiger partial charge on any atom is 0.255 e. The number of rotatable bonds is 6. The van der Waals surface area contributed by atoms with Gasteiger partial charge in [-0.15, -0.1) is 0 Å². The van der Waals surface area contributed by atoms with E-state index in [0.717, 1.165) is 17.3 Å². The number of anilines is 1. The van der Waals surface area contributed by atoms with Crippen LogP contribution in [0.4, 0.5) is 18.9 Å². The Morgan fingerprint density at radius 2 is 1.71 bits per heavy atom. The highest BCUT2D eigenvalue weighted by molar-refractivity contribution is 6.02. The van der Waals surface area contributed by atoms with Gasteiger partial charge in [-0.05, 0) is 37.3 Å². The second-order valence-electron chi connectivity index (χ2n) is 7.49. The SMILES string of the molecule is Cc1cccc(-c2nn(-c3ccccc3)cc2C(=O)NCC(=O)Nc2ccc(F)c(F)c2F)c1. The molecule has 34 heavy (non-hydrogen) atoms. The van der Waals surface area contributed by atoms with Crippen molar-refractivity contribution >= 4 is 17.5 Å². The highest BCUT2D eigenvalue weighted by atomic mass is 19.2. The molecule has 6 nitrogen and oxygen atoms in total. The lowest BCUT2D eigenvalue weighted by molar-refractivity contribution is -0.115. The Morgan fingerprint density at radius 1 is 0.941 bits per heavy atom. The smallest absolute Gasteiger partial charge is 0.255 e. The Labute approximate surface area is 193 Å². The molecule has 0 aliphatic rings. The van der Waals surface area contributed by atoms with Gasteiger partial charge in [0, 0.05) is 11.8 Å². The molecule has 0 aliphatic carbocycles. The van der Waals surface area contributed by atoms with E-state index < -0.39 is 41.5 Å². The number of nitrogens with zero attached hydrogens (tertiary/aromatic N) is 2. The maximum absolute atomic E-state index is 13.8. The van der Waals surface area contributed by atoms with Crippen molar-refractivity contribution in [1.29, 1.82) is 0 Å². The molecule has 0 unspecified atom stereocenters. The molecule has 2 amide bonds. The Kier molecular flexibility index (Phi) is 6.44. The molecule has 9 heteroatoms. The van der Waals surface area contributed by atoms with E-state index in [1.807, 2.05) is 61.5 Å². The van der Waals surface area contributed by atoms with Gasteiger partial charge < -0.3 is 10.6 Å². The lowest BCUT2D eigenvalue weighted by atomic mass is 10.1. The molecular formula is C25H19F3N4O2. The number of hydrogen-bond donors (Lipinski definition) is 2. The van der Waals surface area contributed by atoms with E-state index in [0.29, 0.717) is 17.3 Å². The summed E-state index contributed by atoms with van der Waals surface area (Å²) in [5.74, 6) is -5.99. The van der Waals surface area contributed by atoms with Crippen molar-refractivity contribution in [3.63, 3.8) is 0 Å². The van der Waals surface area contributed by atoms with E-state index in [9.17, 15) is 22.8 Å². The van der Waals surface area contributed by atoms with E-state index in [-0.39, 0.29) is 5.56 Å². The summed E-state index contributed by atoms with van der Waals surface area (Å²) in [5, 5.41) is 9.14. The number of amides is 2. The Hall–Kier alpha value is -4.40. The second kappa shape index (κ2) is 9.62. The minimum Gasteiger partial charge on any atom is -0.343 e. The number of carbonyl (C=O) groups excluding carboxylic acids is 2. The molecule has 0 saturated carbocycles. The first-order valence-corrected chi connectivity index (χ1v) is 10.3. The van der Waals surface area contributed by atoms with Crippen molar-refractivity contribution in [3.8, 4) is 16.9 Å². The van der Waals surface area contributed by atoms with Crippen LogP contribution >= 0.6 is 0 Å². The highest BCUT2D eigenvalue weighted by Crippen LogP contribution is 2.25. The van der Waals surface area contributed by atoms with Gasteiger partial charge in [0.05, 0.1) is 23.5 Å². The third-order valence-corrected chi connectivity index (χ3v) is 4.99. The number of hydrogen-bond acceptors (Lipinski definition) is 3. The molecule has 4 rings (SSSR count). The molecule has 0 saturated heterocycles. The van der Waals surface area contributed by atoms with Crippen LogP contribution in [0.1, 0.15) is 15.9 Å². The fourth-order valence-corrected chi connectivity index (χ4v) is 3.33. The number of carbonyl (C=O) groups is 2. The van der Waals surface area contributed by atoms with E-state index in [1.165, 1.54) is 0 Å². The summed E-state index contributed by atoms with van der Waals surface area (Å²) in [6.07, 6.45) is 1.55. The van der Waals surface area contributed by atoms with Gasteiger partial charge in [-0.3, -0.25) is 9.59 Å². The van der Waals surface area contributed by atoms with Gasteiger partial charge in [0.1, 0.15) is 5.69 Å². The predicted molar refractivity (Wildman–Crippen MR) is 121 cm³/mol. The Balaban J connectivity index is 1.56. The minimum atomic E-state index is -1.70. The molecule has 0 fully saturated rings. The van der Waals surface area contributed by atoms with Crippen molar-refractivity contribution in [3.05, 3.63) is 102 Å². The van der Waals surface area contributed by atoms with Crippen LogP contribution in [0.15, 0.2) is 72.9 Å². The maximum atomic E-state index is 13.8. The van der Waals surface area contributed by atoms with Crippen LogP contribution in [0.25, 0.3) is 16.9 Å². The number of halogens is 3. The van der Waals surface area contributed by atoms with Gasteiger partial charge in [0.25, 0.3) is 5.91 Å². The van der Waals surface area contributed by atoms with Crippen LogP contribution in [-0.2, 0) is 4.79 Å². The van der Waals surface area contributed by atoms with Gasteiger partial charge in [0.15, 0.2) is 17.5 Å². The summed E-state index contributed by atoms with van der Waals surface area (Å²) in [5.41, 5.74) is 2.54. The van der Waals surface area contributed by atoms with Crippen molar-refractivity contribution in [2.75, 3.05) is 11.9 Å². The topological polar surface area (TPSA) is 76.0 Å². The second-order valence-corrected chi connectivity index (χ2v) is 7.49. The fraction of sp³-hybridized carbons (Fsp3) is 0.0800. The molecule has 0 atom stereocenters. The Bertz CT molecular complexity index is 1370. The monoisotopic (exact) mass is 464 g/mol. The fourth-order valence-electron chi connectivity index (χ4n) is 3.33. The number of aryl methyl sites for hydroxylation is 1. The molecule has 3 aromatic carbocycles. The predicted octanol–water partition coefficient (Wildman–Crippen LogP) is 4.63. The zero-order valence-corrected chi connectivity index (χ0v) is 18.0. The minimum absolute atomic E-state index is 0.223. The molecule has 172 valence electrons. The van der Waals surface area contributed by atoms with E-state index in [2.05, 4.69) is 15.7 Å². The zero-order valence-electron chi connectivity index (χ0n) is 18.0. The first-order chi connectivity index (χ1) is 16.3. The quantitative estimate of drug-likeness (QED) is 0.409. The molecule has 0 spiro atoms. The lowest BCUT2D eigenvalue weighted by Gasteiger charge is -2.09. The number of para-hydroxylation sites is 1. The summed E-state index contributed by atoms with van der Waals surface area (Å²) in [6.45, 7) is 1.39. The number of nitrogens with one attached hydrogen (secondary N) is 2. The van der Waals surface area contributed by atoms with E-state index in [1.54, 1.807) is 10.9 Å². The van der Waals surface area contributed by atoms with Crippen molar-refractivity contribution in [2.24, 2.45) is 0 Å². The van der Waals surface area contributed by atoms with E-state index >= 15 is 0 Å². The van der Waals surface area contributed by atoms with Crippen molar-refractivity contribution < 1.29 is 22.8 Å². The van der Waals surface area contributed by atoms with Gasteiger partial charge in [-0.1, -0.05) is 42.0 Å². The summed E-state index contributed by atoms with van der Waals surface area (Å²) in [6, 6.07) is 18.2. The van der Waals surface area contributed by atoms with Crippen LogP contribution < -0.4 is 10.6 Å². The summed E-state index contributed by atoms with van der Waals surface area (Å²) in [4.78, 5) is 25.2. The van der Waals surface area contributed by atoms with Crippen LogP contribution in [0, 0.1) is 24.4 Å². The summed E-state index contributed by atoms with van der Waals surface area (Å²) >= 11 is 0. The molecule has 1 aromatic heterocycles. The number of benzene rings is 3. The molecular weight excluding hydrogens is 445 g/mol. The number of aromatic nitrogens is 2. The third-order valence-electron chi connectivity index (χ3n) is 4.99.